The molecule has 2 aromatic heterocycles. The molecule has 0 spiro atoms. The third-order valence-corrected chi connectivity index (χ3v) is 5.29. The highest BCUT2D eigenvalue weighted by molar-refractivity contribution is 5.79. The predicted octanol–water partition coefficient (Wildman–Crippen LogP) is 2.23. The van der Waals surface area contributed by atoms with E-state index in [2.05, 4.69) is 19.9 Å². The number of nitrogens with one attached hydrogen (secondary N) is 1. The van der Waals surface area contributed by atoms with Crippen LogP contribution in [-0.2, 0) is 9.53 Å². The number of nitrogens with zero attached hydrogens (tertiary/aromatic N) is 4. The van der Waals surface area contributed by atoms with E-state index in [1.54, 1.807) is 6.20 Å². The van der Waals surface area contributed by atoms with Gasteiger partial charge < -0.3 is 14.6 Å². The van der Waals surface area contributed by atoms with E-state index in [0.29, 0.717) is 13.2 Å². The monoisotopic (exact) mass is 355 g/mol. The number of H-pyrrole nitrogens is 1. The van der Waals surface area contributed by atoms with Crippen molar-refractivity contribution in [1.29, 1.82) is 0 Å². The number of aromatic amines is 1. The Balaban J connectivity index is 1.50. The van der Waals surface area contributed by atoms with Gasteiger partial charge in [-0.3, -0.25) is 4.79 Å². The van der Waals surface area contributed by atoms with Crippen LogP contribution in [0, 0.1) is 19.8 Å². The molecule has 0 radical (unpaired) electrons. The van der Waals surface area contributed by atoms with Crippen LogP contribution in [0.2, 0.25) is 0 Å². The fraction of sp³-hybridized carbons (Fsp3) is 0.579. The van der Waals surface area contributed by atoms with E-state index in [4.69, 9.17) is 4.74 Å². The summed E-state index contributed by atoms with van der Waals surface area (Å²) in [6, 6.07) is 2.01. The number of hydrogen-bond acceptors (Lipinski definition) is 5. The van der Waals surface area contributed by atoms with Gasteiger partial charge in [-0.15, -0.1) is 0 Å². The largest absolute Gasteiger partial charge is 0.381 e. The summed E-state index contributed by atoms with van der Waals surface area (Å²) >= 11 is 0. The van der Waals surface area contributed by atoms with Crippen LogP contribution in [0.3, 0.4) is 0 Å². The third kappa shape index (κ3) is 3.49. The number of ether oxygens (including phenoxy) is 1. The van der Waals surface area contributed by atoms with Crippen molar-refractivity contribution in [3.63, 3.8) is 0 Å². The Bertz CT molecular complexity index is 797. The Morgan fingerprint density at radius 1 is 1.23 bits per heavy atom. The fourth-order valence-corrected chi connectivity index (χ4v) is 3.87. The van der Waals surface area contributed by atoms with Gasteiger partial charge in [-0.05, 0) is 39.2 Å². The van der Waals surface area contributed by atoms with Gasteiger partial charge in [0.15, 0.2) is 5.82 Å². The van der Waals surface area contributed by atoms with Crippen molar-refractivity contribution in [3.05, 3.63) is 29.5 Å². The maximum absolute atomic E-state index is 12.8. The molecule has 4 rings (SSSR count). The fourth-order valence-electron chi connectivity index (χ4n) is 3.87. The minimum absolute atomic E-state index is 0.122. The van der Waals surface area contributed by atoms with Crippen LogP contribution in [-0.4, -0.2) is 57.0 Å². The Kier molecular flexibility index (Phi) is 4.72. The lowest BCUT2D eigenvalue weighted by Crippen LogP contribution is -2.37. The second kappa shape index (κ2) is 7.15. The second-order valence-corrected chi connectivity index (χ2v) is 7.30. The molecule has 1 N–H and O–H groups in total. The molecule has 7 nitrogen and oxygen atoms in total. The van der Waals surface area contributed by atoms with Gasteiger partial charge in [0.1, 0.15) is 11.5 Å². The van der Waals surface area contributed by atoms with E-state index < -0.39 is 0 Å². The highest BCUT2D eigenvalue weighted by Gasteiger charge is 2.33. The summed E-state index contributed by atoms with van der Waals surface area (Å²) in [6.07, 6.45) is 4.43. The van der Waals surface area contributed by atoms with E-state index in [1.807, 2.05) is 24.8 Å². The summed E-state index contributed by atoms with van der Waals surface area (Å²) < 4.78 is 5.38. The number of likely N-dealkylation sites (tertiary alicyclic amines) is 1. The number of carbonyl (C=O) groups excluding carboxylic acids is 1. The van der Waals surface area contributed by atoms with Gasteiger partial charge in [-0.1, -0.05) is 0 Å². The lowest BCUT2D eigenvalue weighted by molar-refractivity contribution is -0.137. The normalized spacial score (nSPS) is 21.3. The number of imidazole rings is 1. The Hall–Kier alpha value is -2.28. The molecule has 2 fully saturated rings. The van der Waals surface area contributed by atoms with Crippen molar-refractivity contribution >= 4 is 5.91 Å². The summed E-state index contributed by atoms with van der Waals surface area (Å²) in [4.78, 5) is 31.5. The molecule has 0 bridgehead atoms. The van der Waals surface area contributed by atoms with Crippen molar-refractivity contribution in [2.24, 2.45) is 5.92 Å². The number of amides is 1. The first kappa shape index (κ1) is 17.1. The van der Waals surface area contributed by atoms with Gasteiger partial charge in [-0.25, -0.2) is 15.0 Å². The number of aromatic nitrogens is 4. The molecule has 0 unspecified atom stereocenters. The Morgan fingerprint density at radius 2 is 2.04 bits per heavy atom. The van der Waals surface area contributed by atoms with Gasteiger partial charge in [0, 0.05) is 55.7 Å². The van der Waals surface area contributed by atoms with Gasteiger partial charge in [0.2, 0.25) is 5.91 Å². The maximum atomic E-state index is 12.8. The molecule has 0 saturated carbocycles. The van der Waals surface area contributed by atoms with Crippen LogP contribution in [0.25, 0.3) is 11.5 Å². The van der Waals surface area contributed by atoms with Crippen molar-refractivity contribution in [2.45, 2.75) is 39.0 Å². The van der Waals surface area contributed by atoms with Crippen LogP contribution in [0.15, 0.2) is 12.3 Å². The lowest BCUT2D eigenvalue weighted by Gasteiger charge is -2.26. The van der Waals surface area contributed by atoms with Gasteiger partial charge in [0.25, 0.3) is 0 Å². The van der Waals surface area contributed by atoms with Crippen LogP contribution in [0.5, 0.6) is 0 Å². The summed E-state index contributed by atoms with van der Waals surface area (Å²) in [5.74, 6) is 2.16. The molecular weight excluding hydrogens is 330 g/mol. The molecule has 7 heteroatoms. The smallest absolute Gasteiger partial charge is 0.225 e. The van der Waals surface area contributed by atoms with Crippen LogP contribution in [0.4, 0.5) is 0 Å². The molecule has 2 aliphatic heterocycles. The molecule has 2 aromatic rings. The van der Waals surface area contributed by atoms with Gasteiger partial charge >= 0.3 is 0 Å². The van der Waals surface area contributed by atoms with E-state index in [1.165, 1.54) is 0 Å². The molecule has 1 atom stereocenters. The Labute approximate surface area is 153 Å². The first-order valence-corrected chi connectivity index (χ1v) is 9.34. The SMILES string of the molecule is Cc1nc(-c2ncc(C)[nH]2)cc([C@H]2CCN(C(=O)C3CCOCC3)C2)n1. The highest BCUT2D eigenvalue weighted by Crippen LogP contribution is 2.30. The minimum Gasteiger partial charge on any atom is -0.381 e. The third-order valence-electron chi connectivity index (χ3n) is 5.29. The summed E-state index contributed by atoms with van der Waals surface area (Å²) in [6.45, 7) is 6.82. The average molecular weight is 355 g/mol. The van der Waals surface area contributed by atoms with Crippen molar-refractivity contribution in [3.8, 4) is 11.5 Å². The standard InChI is InChI=1S/C19H25N5O2/c1-12-10-20-18(21-12)17-9-16(22-13(2)23-17)15-3-6-24(11-15)19(25)14-4-7-26-8-5-14/h9-10,14-15H,3-8,11H2,1-2H3,(H,20,21)/t15-/m0/s1. The van der Waals surface area contributed by atoms with Crippen molar-refractivity contribution in [1.82, 2.24) is 24.8 Å². The van der Waals surface area contributed by atoms with Crippen LogP contribution >= 0.6 is 0 Å². The highest BCUT2D eigenvalue weighted by atomic mass is 16.5. The molecule has 0 aliphatic carbocycles. The molecule has 2 aliphatic rings. The van der Waals surface area contributed by atoms with Crippen LogP contribution in [0.1, 0.15) is 42.4 Å². The second-order valence-electron chi connectivity index (χ2n) is 7.30. The van der Waals surface area contributed by atoms with E-state index in [9.17, 15) is 4.79 Å². The predicted molar refractivity (Wildman–Crippen MR) is 96.6 cm³/mol. The summed E-state index contributed by atoms with van der Waals surface area (Å²) in [7, 11) is 0. The summed E-state index contributed by atoms with van der Waals surface area (Å²) in [5.41, 5.74) is 2.82. The van der Waals surface area contributed by atoms with Crippen LogP contribution < -0.4 is 0 Å². The molecular formula is C19H25N5O2. The number of carbonyl (C=O) groups is 1. The number of aryl methyl sites for hydroxylation is 2. The van der Waals surface area contributed by atoms with E-state index in [-0.39, 0.29) is 17.7 Å². The minimum atomic E-state index is 0.122. The molecule has 26 heavy (non-hydrogen) atoms. The first-order chi connectivity index (χ1) is 12.6. The summed E-state index contributed by atoms with van der Waals surface area (Å²) in [5, 5.41) is 0. The topological polar surface area (TPSA) is 84.0 Å². The molecule has 2 saturated heterocycles. The lowest BCUT2D eigenvalue weighted by atomic mass is 9.98. The van der Waals surface area contributed by atoms with Gasteiger partial charge in [-0.2, -0.15) is 0 Å². The molecule has 138 valence electrons. The van der Waals surface area contributed by atoms with Crippen molar-refractivity contribution < 1.29 is 9.53 Å². The van der Waals surface area contributed by atoms with Gasteiger partial charge in [0.05, 0.1) is 0 Å². The van der Waals surface area contributed by atoms with E-state index in [0.717, 1.165) is 61.1 Å². The van der Waals surface area contributed by atoms with E-state index >= 15 is 0 Å². The number of rotatable bonds is 3. The zero-order valence-electron chi connectivity index (χ0n) is 15.4. The molecule has 1 amide bonds. The van der Waals surface area contributed by atoms with Crippen molar-refractivity contribution in [2.75, 3.05) is 26.3 Å². The number of hydrogen-bond donors (Lipinski definition) is 1. The quantitative estimate of drug-likeness (QED) is 0.913. The first-order valence-electron chi connectivity index (χ1n) is 9.34. The average Bonchev–Trinajstić information content (AvgIpc) is 3.31. The zero-order chi connectivity index (χ0) is 18.1. The molecule has 0 aromatic carbocycles. The zero-order valence-corrected chi connectivity index (χ0v) is 15.4. The maximum Gasteiger partial charge on any atom is 0.225 e. The Morgan fingerprint density at radius 3 is 2.77 bits per heavy atom. The molecule has 4 heterocycles.